The van der Waals surface area contributed by atoms with Crippen molar-refractivity contribution in [2.45, 2.75) is 12.8 Å². The summed E-state index contributed by atoms with van der Waals surface area (Å²) in [5.41, 5.74) is 0.666. The molecule has 0 unspecified atom stereocenters. The third-order valence-electron chi connectivity index (χ3n) is 2.96. The van der Waals surface area contributed by atoms with Crippen LogP contribution in [0.15, 0.2) is 24.3 Å². The number of hydrogen-bond donors (Lipinski definition) is 2. The lowest BCUT2D eigenvalue weighted by atomic mass is 9.98. The Morgan fingerprint density at radius 3 is 2.72 bits per heavy atom. The van der Waals surface area contributed by atoms with Crippen LogP contribution in [0.1, 0.15) is 12.8 Å². The second-order valence-corrected chi connectivity index (χ2v) is 4.20. The van der Waals surface area contributed by atoms with Gasteiger partial charge in [-0.2, -0.15) is 0 Å². The maximum absolute atomic E-state index is 11.9. The molecule has 0 spiro atoms. The molecule has 5 nitrogen and oxygen atoms in total. The zero-order chi connectivity index (χ0) is 13.0. The van der Waals surface area contributed by atoms with Crippen molar-refractivity contribution in [1.82, 2.24) is 5.32 Å². The van der Waals surface area contributed by atoms with Gasteiger partial charge in [-0.25, -0.2) is 0 Å². The number of benzene rings is 1. The monoisotopic (exact) mass is 248 g/mol. The second kappa shape index (κ2) is 5.53. The highest BCUT2D eigenvalue weighted by molar-refractivity contribution is 6.06. The lowest BCUT2D eigenvalue weighted by Gasteiger charge is -2.21. The molecule has 96 valence electrons. The minimum Gasteiger partial charge on any atom is -0.497 e. The molecule has 2 rings (SSSR count). The molecule has 2 amide bonds. The summed E-state index contributed by atoms with van der Waals surface area (Å²) in [5.74, 6) is -0.297. The highest BCUT2D eigenvalue weighted by atomic mass is 16.5. The van der Waals surface area contributed by atoms with E-state index in [0.717, 1.165) is 12.2 Å². The standard InChI is InChI=1S/C13H16N2O3/c1-18-10-6-4-9(5-7-10)15-13(17)11-3-2-8-14-12(11)16/h4-7,11H,2-3,8H2,1H3,(H,14,16)(H,15,17)/t11-/m0/s1. The number of nitrogens with one attached hydrogen (secondary N) is 2. The van der Waals surface area contributed by atoms with Crippen molar-refractivity contribution in [3.63, 3.8) is 0 Å². The maximum atomic E-state index is 11.9. The van der Waals surface area contributed by atoms with Crippen molar-refractivity contribution in [1.29, 1.82) is 0 Å². The first-order valence-corrected chi connectivity index (χ1v) is 5.93. The van der Waals surface area contributed by atoms with E-state index in [0.29, 0.717) is 18.7 Å². The van der Waals surface area contributed by atoms with Crippen molar-refractivity contribution >= 4 is 17.5 Å². The van der Waals surface area contributed by atoms with Gasteiger partial charge < -0.3 is 15.4 Å². The van der Waals surface area contributed by atoms with Gasteiger partial charge >= 0.3 is 0 Å². The van der Waals surface area contributed by atoms with Gasteiger partial charge in [-0.05, 0) is 37.1 Å². The van der Waals surface area contributed by atoms with Crippen molar-refractivity contribution in [2.24, 2.45) is 5.92 Å². The number of piperidine rings is 1. The average molecular weight is 248 g/mol. The Kier molecular flexibility index (Phi) is 3.82. The van der Waals surface area contributed by atoms with Crippen LogP contribution in [-0.2, 0) is 9.59 Å². The van der Waals surface area contributed by atoms with Crippen molar-refractivity contribution in [2.75, 3.05) is 19.0 Å². The minimum atomic E-state index is -0.583. The molecule has 1 aliphatic rings. The van der Waals surface area contributed by atoms with Crippen LogP contribution in [0.3, 0.4) is 0 Å². The molecule has 1 fully saturated rings. The van der Waals surface area contributed by atoms with E-state index in [4.69, 9.17) is 4.74 Å². The van der Waals surface area contributed by atoms with Crippen LogP contribution < -0.4 is 15.4 Å². The molecule has 18 heavy (non-hydrogen) atoms. The third kappa shape index (κ3) is 2.80. The predicted molar refractivity (Wildman–Crippen MR) is 67.4 cm³/mol. The fourth-order valence-electron chi connectivity index (χ4n) is 1.93. The summed E-state index contributed by atoms with van der Waals surface area (Å²) < 4.78 is 5.03. The molecule has 1 saturated heterocycles. The number of rotatable bonds is 3. The summed E-state index contributed by atoms with van der Waals surface area (Å²) in [6.45, 7) is 0.658. The van der Waals surface area contributed by atoms with Gasteiger partial charge in [0, 0.05) is 12.2 Å². The number of methoxy groups -OCH3 is 1. The molecular formula is C13H16N2O3. The van der Waals surface area contributed by atoms with E-state index in [1.165, 1.54) is 0 Å². The van der Waals surface area contributed by atoms with E-state index in [1.807, 2.05) is 0 Å². The first kappa shape index (κ1) is 12.4. The molecule has 1 aromatic carbocycles. The zero-order valence-electron chi connectivity index (χ0n) is 10.2. The smallest absolute Gasteiger partial charge is 0.236 e. The van der Waals surface area contributed by atoms with E-state index >= 15 is 0 Å². The largest absolute Gasteiger partial charge is 0.497 e. The van der Waals surface area contributed by atoms with E-state index in [9.17, 15) is 9.59 Å². The topological polar surface area (TPSA) is 67.4 Å². The molecule has 0 radical (unpaired) electrons. The Hall–Kier alpha value is -2.04. The molecule has 2 N–H and O–H groups in total. The quantitative estimate of drug-likeness (QED) is 0.789. The number of hydrogen-bond acceptors (Lipinski definition) is 3. The molecule has 1 heterocycles. The van der Waals surface area contributed by atoms with Crippen molar-refractivity contribution in [3.05, 3.63) is 24.3 Å². The fourth-order valence-corrected chi connectivity index (χ4v) is 1.93. The third-order valence-corrected chi connectivity index (χ3v) is 2.96. The Balaban J connectivity index is 1.99. The van der Waals surface area contributed by atoms with Crippen LogP contribution in [0.5, 0.6) is 5.75 Å². The van der Waals surface area contributed by atoms with E-state index in [-0.39, 0.29) is 11.8 Å². The number of carbonyl (C=O) groups is 2. The van der Waals surface area contributed by atoms with E-state index < -0.39 is 5.92 Å². The van der Waals surface area contributed by atoms with Gasteiger partial charge in [0.05, 0.1) is 7.11 Å². The van der Waals surface area contributed by atoms with Crippen LogP contribution >= 0.6 is 0 Å². The van der Waals surface area contributed by atoms with Gasteiger partial charge in [-0.15, -0.1) is 0 Å². The summed E-state index contributed by atoms with van der Waals surface area (Å²) in [7, 11) is 1.58. The van der Waals surface area contributed by atoms with Crippen LogP contribution in [0, 0.1) is 5.92 Å². The summed E-state index contributed by atoms with van der Waals surface area (Å²) >= 11 is 0. The number of amides is 2. The summed E-state index contributed by atoms with van der Waals surface area (Å²) in [6, 6.07) is 7.02. The molecule has 0 aliphatic carbocycles. The van der Waals surface area contributed by atoms with Gasteiger partial charge in [0.15, 0.2) is 0 Å². The second-order valence-electron chi connectivity index (χ2n) is 4.20. The minimum absolute atomic E-state index is 0.188. The van der Waals surface area contributed by atoms with Crippen LogP contribution in [0.25, 0.3) is 0 Å². The summed E-state index contributed by atoms with van der Waals surface area (Å²) in [6.07, 6.45) is 1.44. The van der Waals surface area contributed by atoms with E-state index in [1.54, 1.807) is 31.4 Å². The fraction of sp³-hybridized carbons (Fsp3) is 0.385. The Morgan fingerprint density at radius 1 is 1.39 bits per heavy atom. The summed E-state index contributed by atoms with van der Waals surface area (Å²) in [5, 5.41) is 5.44. The normalized spacial score (nSPS) is 18.9. The van der Waals surface area contributed by atoms with Gasteiger partial charge in [0.25, 0.3) is 0 Å². The molecular weight excluding hydrogens is 232 g/mol. The molecule has 0 bridgehead atoms. The molecule has 0 aromatic heterocycles. The molecule has 1 aromatic rings. The average Bonchev–Trinajstić information content (AvgIpc) is 2.40. The molecule has 0 saturated carbocycles. The number of anilines is 1. The Bertz CT molecular complexity index is 442. The van der Waals surface area contributed by atoms with Gasteiger partial charge in [-0.3, -0.25) is 9.59 Å². The Morgan fingerprint density at radius 2 is 2.11 bits per heavy atom. The highest BCUT2D eigenvalue weighted by Gasteiger charge is 2.28. The summed E-state index contributed by atoms with van der Waals surface area (Å²) in [4.78, 5) is 23.5. The lowest BCUT2D eigenvalue weighted by Crippen LogP contribution is -2.42. The van der Waals surface area contributed by atoms with Gasteiger partial charge in [0.2, 0.25) is 11.8 Å². The molecule has 5 heteroatoms. The highest BCUT2D eigenvalue weighted by Crippen LogP contribution is 2.18. The maximum Gasteiger partial charge on any atom is 0.236 e. The van der Waals surface area contributed by atoms with Crippen molar-refractivity contribution < 1.29 is 14.3 Å². The van der Waals surface area contributed by atoms with Crippen LogP contribution in [-0.4, -0.2) is 25.5 Å². The SMILES string of the molecule is COc1ccc(NC(=O)[C@H]2CCCNC2=O)cc1. The van der Waals surface area contributed by atoms with E-state index in [2.05, 4.69) is 10.6 Å². The molecule has 1 aliphatic heterocycles. The molecule has 1 atom stereocenters. The zero-order valence-corrected chi connectivity index (χ0v) is 10.2. The number of carbonyl (C=O) groups excluding carboxylic acids is 2. The van der Waals surface area contributed by atoms with Crippen LogP contribution in [0.2, 0.25) is 0 Å². The van der Waals surface area contributed by atoms with Gasteiger partial charge in [-0.1, -0.05) is 0 Å². The van der Waals surface area contributed by atoms with Crippen LogP contribution in [0.4, 0.5) is 5.69 Å². The predicted octanol–water partition coefficient (Wildman–Crippen LogP) is 1.16. The Labute approximate surface area is 106 Å². The lowest BCUT2D eigenvalue weighted by molar-refractivity contribution is -0.134. The first-order valence-electron chi connectivity index (χ1n) is 5.93. The first-order chi connectivity index (χ1) is 8.70. The van der Waals surface area contributed by atoms with Crippen molar-refractivity contribution in [3.8, 4) is 5.75 Å². The van der Waals surface area contributed by atoms with Gasteiger partial charge in [0.1, 0.15) is 11.7 Å². The number of ether oxygens (including phenoxy) is 1.